The van der Waals surface area contributed by atoms with Crippen molar-refractivity contribution in [3.8, 4) is 0 Å². The van der Waals surface area contributed by atoms with Crippen LogP contribution in [0.25, 0.3) is 10.8 Å². The summed E-state index contributed by atoms with van der Waals surface area (Å²) in [7, 11) is 0. The molecule has 0 unspecified atom stereocenters. The summed E-state index contributed by atoms with van der Waals surface area (Å²) in [5.74, 6) is 0.595. The number of fused-ring (bicyclic) bond motifs is 1. The van der Waals surface area contributed by atoms with Gasteiger partial charge in [-0.15, -0.1) is 0 Å². The molecule has 5 heteroatoms. The third-order valence-corrected chi connectivity index (χ3v) is 3.71. The molecule has 0 aliphatic heterocycles. The Kier molecular flexibility index (Phi) is 3.51. The van der Waals surface area contributed by atoms with Crippen LogP contribution in [0, 0.1) is 0 Å². The maximum Gasteiger partial charge on any atom is 0.149 e. The highest BCUT2D eigenvalue weighted by molar-refractivity contribution is 9.10. The number of halogens is 2. The molecule has 100 valence electrons. The zero-order valence-electron chi connectivity index (χ0n) is 10.4. The van der Waals surface area contributed by atoms with Crippen LogP contribution in [0.15, 0.2) is 53.1 Å². The van der Waals surface area contributed by atoms with Crippen LogP contribution in [0.3, 0.4) is 0 Å². The quantitative estimate of drug-likeness (QED) is 0.687. The van der Waals surface area contributed by atoms with E-state index in [0.29, 0.717) is 16.5 Å². The molecule has 1 heterocycles. The van der Waals surface area contributed by atoms with Crippen molar-refractivity contribution < 1.29 is 0 Å². The predicted octanol–water partition coefficient (Wildman–Crippen LogP) is 4.98. The molecule has 0 saturated heterocycles. The first-order valence-electron chi connectivity index (χ1n) is 5.99. The summed E-state index contributed by atoms with van der Waals surface area (Å²) in [4.78, 5) is 4.19. The van der Waals surface area contributed by atoms with Crippen molar-refractivity contribution in [2.24, 2.45) is 0 Å². The molecule has 3 nitrogen and oxygen atoms in total. The Hall–Kier alpha value is -1.78. The van der Waals surface area contributed by atoms with E-state index in [1.807, 2.05) is 18.2 Å². The van der Waals surface area contributed by atoms with E-state index in [9.17, 15) is 0 Å². The zero-order valence-corrected chi connectivity index (χ0v) is 12.7. The second-order valence-corrected chi connectivity index (χ2v) is 5.75. The topological polar surface area (TPSA) is 50.9 Å². The molecule has 0 aliphatic rings. The van der Waals surface area contributed by atoms with Crippen molar-refractivity contribution in [2.45, 2.75) is 0 Å². The fraction of sp³-hybridized carbons (Fsp3) is 0. The van der Waals surface area contributed by atoms with Crippen molar-refractivity contribution in [2.75, 3.05) is 11.1 Å². The smallest absolute Gasteiger partial charge is 0.149 e. The van der Waals surface area contributed by atoms with Crippen molar-refractivity contribution in [3.63, 3.8) is 0 Å². The number of aromatic nitrogens is 1. The van der Waals surface area contributed by atoms with Gasteiger partial charge in [0.25, 0.3) is 0 Å². The molecule has 0 aliphatic carbocycles. The second-order valence-electron chi connectivity index (χ2n) is 4.43. The standard InChI is InChI=1S/C15H11BrClN3/c16-11-3-1-10-6-13(4-2-9(10)5-11)20-15-14(17)7-12(18)8-19-15/h1-8H,18H2,(H,19,20). The number of benzene rings is 2. The Morgan fingerprint density at radius 2 is 1.80 bits per heavy atom. The van der Waals surface area contributed by atoms with E-state index in [0.717, 1.165) is 15.5 Å². The fourth-order valence-electron chi connectivity index (χ4n) is 1.98. The van der Waals surface area contributed by atoms with Gasteiger partial charge in [0.15, 0.2) is 0 Å². The first kappa shape index (κ1) is 13.2. The Morgan fingerprint density at radius 3 is 2.60 bits per heavy atom. The normalized spacial score (nSPS) is 10.7. The number of nitrogens with two attached hydrogens (primary N) is 1. The van der Waals surface area contributed by atoms with Crippen LogP contribution in [0.1, 0.15) is 0 Å². The first-order valence-corrected chi connectivity index (χ1v) is 7.16. The van der Waals surface area contributed by atoms with E-state index in [4.69, 9.17) is 17.3 Å². The van der Waals surface area contributed by atoms with Crippen LogP contribution in [0.4, 0.5) is 17.2 Å². The van der Waals surface area contributed by atoms with Gasteiger partial charge in [-0.05, 0) is 41.1 Å². The Labute approximate surface area is 129 Å². The molecular formula is C15H11BrClN3. The van der Waals surface area contributed by atoms with Gasteiger partial charge in [-0.1, -0.05) is 39.7 Å². The molecule has 0 atom stereocenters. The van der Waals surface area contributed by atoms with Crippen molar-refractivity contribution in [3.05, 3.63) is 58.2 Å². The minimum Gasteiger partial charge on any atom is -0.397 e. The number of nitrogens with zero attached hydrogens (tertiary/aromatic N) is 1. The SMILES string of the molecule is Nc1cnc(Nc2ccc3cc(Br)ccc3c2)c(Cl)c1. The molecule has 0 fully saturated rings. The van der Waals surface area contributed by atoms with E-state index in [1.165, 1.54) is 5.39 Å². The van der Waals surface area contributed by atoms with Crippen LogP contribution in [-0.2, 0) is 0 Å². The number of hydrogen-bond donors (Lipinski definition) is 2. The van der Waals surface area contributed by atoms with Crippen LogP contribution in [0.5, 0.6) is 0 Å². The highest BCUT2D eigenvalue weighted by Gasteiger charge is 2.04. The fourth-order valence-corrected chi connectivity index (χ4v) is 2.58. The van der Waals surface area contributed by atoms with Crippen LogP contribution in [0.2, 0.25) is 5.02 Å². The predicted molar refractivity (Wildman–Crippen MR) is 88.6 cm³/mol. The van der Waals surface area contributed by atoms with E-state index >= 15 is 0 Å². The molecule has 2 aromatic carbocycles. The van der Waals surface area contributed by atoms with Crippen molar-refractivity contribution in [1.29, 1.82) is 0 Å². The number of hydrogen-bond acceptors (Lipinski definition) is 3. The van der Waals surface area contributed by atoms with Gasteiger partial charge in [0, 0.05) is 10.2 Å². The van der Waals surface area contributed by atoms with E-state index in [-0.39, 0.29) is 0 Å². The molecule has 0 spiro atoms. The molecule has 0 bridgehead atoms. The van der Waals surface area contributed by atoms with Crippen LogP contribution >= 0.6 is 27.5 Å². The van der Waals surface area contributed by atoms with Gasteiger partial charge in [0.1, 0.15) is 5.82 Å². The minimum absolute atomic E-state index is 0.501. The molecule has 20 heavy (non-hydrogen) atoms. The maximum atomic E-state index is 6.11. The van der Waals surface area contributed by atoms with Crippen LogP contribution < -0.4 is 11.1 Å². The summed E-state index contributed by atoms with van der Waals surface area (Å²) < 4.78 is 1.06. The lowest BCUT2D eigenvalue weighted by Crippen LogP contribution is -1.96. The van der Waals surface area contributed by atoms with E-state index < -0.39 is 0 Å². The summed E-state index contributed by atoms with van der Waals surface area (Å²) in [6, 6.07) is 13.9. The molecule has 0 amide bonds. The van der Waals surface area contributed by atoms with E-state index in [1.54, 1.807) is 12.3 Å². The van der Waals surface area contributed by atoms with E-state index in [2.05, 4.69) is 44.4 Å². The Morgan fingerprint density at radius 1 is 1.05 bits per heavy atom. The lowest BCUT2D eigenvalue weighted by molar-refractivity contribution is 1.31. The number of pyridine rings is 1. The number of nitrogens with one attached hydrogen (secondary N) is 1. The highest BCUT2D eigenvalue weighted by atomic mass is 79.9. The second kappa shape index (κ2) is 5.31. The summed E-state index contributed by atoms with van der Waals surface area (Å²) in [6.07, 6.45) is 1.58. The third-order valence-electron chi connectivity index (χ3n) is 2.93. The summed E-state index contributed by atoms with van der Waals surface area (Å²) >= 11 is 9.57. The van der Waals surface area contributed by atoms with Gasteiger partial charge in [-0.25, -0.2) is 4.98 Å². The van der Waals surface area contributed by atoms with Gasteiger partial charge in [-0.3, -0.25) is 0 Å². The first-order chi connectivity index (χ1) is 9.61. The molecule has 0 radical (unpaired) electrons. The van der Waals surface area contributed by atoms with Crippen molar-refractivity contribution in [1.82, 2.24) is 4.98 Å². The number of rotatable bonds is 2. The van der Waals surface area contributed by atoms with Gasteiger partial charge >= 0.3 is 0 Å². The average Bonchev–Trinajstić information content (AvgIpc) is 2.42. The van der Waals surface area contributed by atoms with Crippen LogP contribution in [-0.4, -0.2) is 4.98 Å². The molecule has 3 N–H and O–H groups in total. The van der Waals surface area contributed by atoms with Gasteiger partial charge < -0.3 is 11.1 Å². The molecule has 1 aromatic heterocycles. The summed E-state index contributed by atoms with van der Waals surface area (Å²) in [5, 5.41) is 6.01. The maximum absolute atomic E-state index is 6.11. The lowest BCUT2D eigenvalue weighted by atomic mass is 10.1. The third kappa shape index (κ3) is 2.71. The number of anilines is 3. The highest BCUT2D eigenvalue weighted by Crippen LogP contribution is 2.27. The molecule has 0 saturated carbocycles. The molecular weight excluding hydrogens is 338 g/mol. The van der Waals surface area contributed by atoms with Crippen molar-refractivity contribution >= 4 is 55.5 Å². The molecule has 3 rings (SSSR count). The Balaban J connectivity index is 1.96. The lowest BCUT2D eigenvalue weighted by Gasteiger charge is -2.09. The molecule has 3 aromatic rings. The van der Waals surface area contributed by atoms with Gasteiger partial charge in [-0.2, -0.15) is 0 Å². The Bertz CT molecular complexity index is 789. The van der Waals surface area contributed by atoms with Gasteiger partial charge in [0.2, 0.25) is 0 Å². The minimum atomic E-state index is 0.501. The average molecular weight is 349 g/mol. The number of nitrogen functional groups attached to an aromatic ring is 1. The summed E-state index contributed by atoms with van der Waals surface area (Å²) in [5.41, 5.74) is 7.11. The summed E-state index contributed by atoms with van der Waals surface area (Å²) in [6.45, 7) is 0. The largest absolute Gasteiger partial charge is 0.397 e. The van der Waals surface area contributed by atoms with Gasteiger partial charge in [0.05, 0.1) is 16.9 Å². The zero-order chi connectivity index (χ0) is 14.1. The monoisotopic (exact) mass is 347 g/mol.